The van der Waals surface area contributed by atoms with Crippen molar-refractivity contribution in [2.45, 2.75) is 44.2 Å². The van der Waals surface area contributed by atoms with Crippen molar-refractivity contribution < 1.29 is 5.11 Å². The minimum Gasteiger partial charge on any atom is -0.388 e. The molecule has 2 unspecified atom stereocenters. The first kappa shape index (κ1) is 13.1. The fourth-order valence-electron chi connectivity index (χ4n) is 2.52. The maximum Gasteiger partial charge on any atom is 0.0812 e. The Balaban J connectivity index is 2.02. The standard InChI is InChI=1S/C14H20BrNO/c1-14(17,13-4-2-3-9-16-13)10-11-5-7-12(15)8-6-11/h5-8,13,16-17H,2-4,9-10H2,1H3. The van der Waals surface area contributed by atoms with Gasteiger partial charge in [0.2, 0.25) is 0 Å². The lowest BCUT2D eigenvalue weighted by atomic mass is 9.84. The van der Waals surface area contributed by atoms with Crippen LogP contribution in [0.1, 0.15) is 31.7 Å². The lowest BCUT2D eigenvalue weighted by Crippen LogP contribution is -2.52. The molecule has 1 aliphatic heterocycles. The zero-order valence-corrected chi connectivity index (χ0v) is 11.8. The predicted octanol–water partition coefficient (Wildman–Crippen LogP) is 2.88. The van der Waals surface area contributed by atoms with Crippen LogP contribution in [0.15, 0.2) is 28.7 Å². The molecule has 0 amide bonds. The summed E-state index contributed by atoms with van der Waals surface area (Å²) < 4.78 is 1.08. The smallest absolute Gasteiger partial charge is 0.0812 e. The summed E-state index contributed by atoms with van der Waals surface area (Å²) in [5.41, 5.74) is 0.527. The lowest BCUT2D eigenvalue weighted by molar-refractivity contribution is 0.0104. The molecule has 0 radical (unpaired) electrons. The molecule has 0 aliphatic carbocycles. The predicted molar refractivity (Wildman–Crippen MR) is 74.1 cm³/mol. The highest BCUT2D eigenvalue weighted by Gasteiger charge is 2.32. The minimum absolute atomic E-state index is 0.222. The van der Waals surface area contributed by atoms with Gasteiger partial charge in [-0.3, -0.25) is 0 Å². The second kappa shape index (κ2) is 5.51. The topological polar surface area (TPSA) is 32.3 Å². The van der Waals surface area contributed by atoms with E-state index >= 15 is 0 Å². The second-order valence-corrected chi connectivity index (χ2v) is 6.08. The molecule has 2 atom stereocenters. The molecule has 2 rings (SSSR count). The van der Waals surface area contributed by atoms with Gasteiger partial charge in [0.1, 0.15) is 0 Å². The Kier molecular flexibility index (Phi) is 4.23. The molecule has 1 aromatic carbocycles. The lowest BCUT2D eigenvalue weighted by Gasteiger charge is -2.36. The monoisotopic (exact) mass is 297 g/mol. The Bertz CT molecular complexity index is 355. The molecule has 94 valence electrons. The van der Waals surface area contributed by atoms with Crippen LogP contribution in [0.25, 0.3) is 0 Å². The van der Waals surface area contributed by atoms with E-state index in [1.165, 1.54) is 18.4 Å². The zero-order valence-electron chi connectivity index (χ0n) is 10.2. The fourth-order valence-corrected chi connectivity index (χ4v) is 2.79. The molecule has 1 saturated heterocycles. The summed E-state index contributed by atoms with van der Waals surface area (Å²) in [6.45, 7) is 2.97. The van der Waals surface area contributed by atoms with Crippen LogP contribution in [0.4, 0.5) is 0 Å². The Labute approximate surface area is 112 Å². The quantitative estimate of drug-likeness (QED) is 0.899. The third kappa shape index (κ3) is 3.54. The second-order valence-electron chi connectivity index (χ2n) is 5.16. The number of piperidine rings is 1. The van der Waals surface area contributed by atoms with Crippen LogP contribution in [0.2, 0.25) is 0 Å². The third-order valence-electron chi connectivity index (χ3n) is 3.54. The van der Waals surface area contributed by atoms with Crippen molar-refractivity contribution in [2.75, 3.05) is 6.54 Å². The number of halogens is 1. The van der Waals surface area contributed by atoms with Gasteiger partial charge in [-0.25, -0.2) is 0 Å². The molecular formula is C14H20BrNO. The highest BCUT2D eigenvalue weighted by atomic mass is 79.9. The summed E-state index contributed by atoms with van der Waals surface area (Å²) >= 11 is 3.43. The van der Waals surface area contributed by atoms with Gasteiger partial charge >= 0.3 is 0 Å². The maximum absolute atomic E-state index is 10.6. The molecule has 3 heteroatoms. The first-order valence-electron chi connectivity index (χ1n) is 6.28. The molecule has 1 aliphatic rings. The van der Waals surface area contributed by atoms with Crippen LogP contribution in [-0.2, 0) is 6.42 Å². The number of benzene rings is 1. The minimum atomic E-state index is -0.658. The molecule has 17 heavy (non-hydrogen) atoms. The maximum atomic E-state index is 10.6. The molecule has 0 saturated carbocycles. The van der Waals surface area contributed by atoms with Gasteiger partial charge in [0.05, 0.1) is 5.60 Å². The third-order valence-corrected chi connectivity index (χ3v) is 4.06. The van der Waals surface area contributed by atoms with Gasteiger partial charge in [-0.2, -0.15) is 0 Å². The van der Waals surface area contributed by atoms with E-state index < -0.39 is 5.60 Å². The van der Waals surface area contributed by atoms with E-state index in [9.17, 15) is 5.11 Å². The van der Waals surface area contributed by atoms with Crippen LogP contribution in [0.3, 0.4) is 0 Å². The van der Waals surface area contributed by atoms with E-state index in [0.29, 0.717) is 6.42 Å². The first-order valence-corrected chi connectivity index (χ1v) is 7.07. The summed E-state index contributed by atoms with van der Waals surface area (Å²) in [6, 6.07) is 8.42. The fraction of sp³-hybridized carbons (Fsp3) is 0.571. The van der Waals surface area contributed by atoms with Crippen LogP contribution in [0.5, 0.6) is 0 Å². The van der Waals surface area contributed by atoms with Crippen molar-refractivity contribution in [1.82, 2.24) is 5.32 Å². The molecule has 2 N–H and O–H groups in total. The molecular weight excluding hydrogens is 278 g/mol. The molecule has 0 bridgehead atoms. The number of nitrogens with one attached hydrogen (secondary N) is 1. The average molecular weight is 298 g/mol. The summed E-state index contributed by atoms with van der Waals surface area (Å²) in [6.07, 6.45) is 4.22. The normalized spacial score (nSPS) is 24.3. The average Bonchev–Trinajstić information content (AvgIpc) is 2.33. The van der Waals surface area contributed by atoms with E-state index in [1.807, 2.05) is 19.1 Å². The van der Waals surface area contributed by atoms with Gasteiger partial charge in [0, 0.05) is 16.9 Å². The van der Waals surface area contributed by atoms with E-state index in [2.05, 4.69) is 33.4 Å². The van der Waals surface area contributed by atoms with Gasteiger partial charge in [0.15, 0.2) is 0 Å². The van der Waals surface area contributed by atoms with Crippen molar-refractivity contribution >= 4 is 15.9 Å². The summed E-state index contributed by atoms with van der Waals surface area (Å²) in [5, 5.41) is 14.0. The van der Waals surface area contributed by atoms with Crippen molar-refractivity contribution in [3.63, 3.8) is 0 Å². The number of hydrogen-bond donors (Lipinski definition) is 2. The Morgan fingerprint density at radius 2 is 2.06 bits per heavy atom. The Hall–Kier alpha value is -0.380. The van der Waals surface area contributed by atoms with Crippen LogP contribution in [-0.4, -0.2) is 23.3 Å². The van der Waals surface area contributed by atoms with Crippen LogP contribution in [0, 0.1) is 0 Å². The molecule has 1 aromatic rings. The van der Waals surface area contributed by atoms with Gasteiger partial charge < -0.3 is 10.4 Å². The van der Waals surface area contributed by atoms with Crippen molar-refractivity contribution in [3.8, 4) is 0 Å². The summed E-state index contributed by atoms with van der Waals surface area (Å²) in [7, 11) is 0. The van der Waals surface area contributed by atoms with E-state index in [1.54, 1.807) is 0 Å². The van der Waals surface area contributed by atoms with E-state index in [0.717, 1.165) is 17.4 Å². The highest BCUT2D eigenvalue weighted by Crippen LogP contribution is 2.24. The number of aliphatic hydroxyl groups is 1. The zero-order chi connectivity index (χ0) is 12.3. The molecule has 0 spiro atoms. The van der Waals surface area contributed by atoms with Crippen molar-refractivity contribution in [3.05, 3.63) is 34.3 Å². The van der Waals surface area contributed by atoms with Crippen LogP contribution >= 0.6 is 15.9 Å². The molecule has 2 nitrogen and oxygen atoms in total. The summed E-state index contributed by atoms with van der Waals surface area (Å²) in [5.74, 6) is 0. The number of rotatable bonds is 3. The van der Waals surface area contributed by atoms with Gasteiger partial charge in [-0.05, 0) is 44.0 Å². The van der Waals surface area contributed by atoms with Crippen molar-refractivity contribution in [2.24, 2.45) is 0 Å². The van der Waals surface area contributed by atoms with Gasteiger partial charge in [-0.1, -0.05) is 34.5 Å². The van der Waals surface area contributed by atoms with Crippen LogP contribution < -0.4 is 5.32 Å². The Morgan fingerprint density at radius 3 is 2.65 bits per heavy atom. The molecule has 1 heterocycles. The summed E-state index contributed by atoms with van der Waals surface area (Å²) in [4.78, 5) is 0. The SMILES string of the molecule is CC(O)(Cc1ccc(Br)cc1)C1CCCCN1. The first-order chi connectivity index (χ1) is 8.08. The number of hydrogen-bond acceptors (Lipinski definition) is 2. The van der Waals surface area contributed by atoms with Gasteiger partial charge in [-0.15, -0.1) is 0 Å². The van der Waals surface area contributed by atoms with Crippen molar-refractivity contribution in [1.29, 1.82) is 0 Å². The van der Waals surface area contributed by atoms with E-state index in [4.69, 9.17) is 0 Å². The molecule has 1 fully saturated rings. The van der Waals surface area contributed by atoms with E-state index in [-0.39, 0.29) is 6.04 Å². The Morgan fingerprint density at radius 1 is 1.35 bits per heavy atom. The molecule has 0 aromatic heterocycles. The highest BCUT2D eigenvalue weighted by molar-refractivity contribution is 9.10. The van der Waals surface area contributed by atoms with Gasteiger partial charge in [0.25, 0.3) is 0 Å². The largest absolute Gasteiger partial charge is 0.388 e.